The lowest BCUT2D eigenvalue weighted by molar-refractivity contribution is 0.251. The molecule has 0 aromatic rings. The van der Waals surface area contributed by atoms with Crippen LogP contribution in [-0.2, 0) is 10.2 Å². The molecule has 0 amide bonds. The fourth-order valence-electron chi connectivity index (χ4n) is 1.05. The van der Waals surface area contributed by atoms with Gasteiger partial charge in [-0.2, -0.15) is 8.42 Å². The lowest BCUT2D eigenvalue weighted by atomic mass is 9.78. The van der Waals surface area contributed by atoms with E-state index in [1.54, 1.807) is 0 Å². The molecule has 1 aliphatic carbocycles. The molecule has 5 nitrogen and oxygen atoms in total. The maximum Gasteiger partial charge on any atom is 0.274 e. The second-order valence-electron chi connectivity index (χ2n) is 3.08. The van der Waals surface area contributed by atoms with Crippen molar-refractivity contribution in [2.24, 2.45) is 10.9 Å². The summed E-state index contributed by atoms with van der Waals surface area (Å²) in [7, 11) is -3.56. The third kappa shape index (κ3) is 2.74. The Labute approximate surface area is 66.3 Å². The highest BCUT2D eigenvalue weighted by atomic mass is 32.2. The van der Waals surface area contributed by atoms with Crippen LogP contribution in [0, 0.1) is 0 Å². The molecule has 11 heavy (non-hydrogen) atoms. The summed E-state index contributed by atoms with van der Waals surface area (Å²) in [5, 5.41) is 4.73. The Morgan fingerprint density at radius 1 is 1.45 bits per heavy atom. The van der Waals surface area contributed by atoms with Gasteiger partial charge in [0.15, 0.2) is 0 Å². The van der Waals surface area contributed by atoms with Crippen LogP contribution in [0.25, 0.3) is 0 Å². The van der Waals surface area contributed by atoms with Gasteiger partial charge in [-0.3, -0.25) is 0 Å². The largest absolute Gasteiger partial charge is 0.324 e. The third-order valence-electron chi connectivity index (χ3n) is 1.97. The first kappa shape index (κ1) is 8.92. The molecule has 1 fully saturated rings. The molecule has 0 heterocycles. The number of nitrogens with one attached hydrogen (secondary N) is 1. The van der Waals surface area contributed by atoms with E-state index in [9.17, 15) is 8.42 Å². The summed E-state index contributed by atoms with van der Waals surface area (Å²) in [5.41, 5.74) is 5.39. The minimum Gasteiger partial charge on any atom is -0.324 e. The van der Waals surface area contributed by atoms with Gasteiger partial charge in [0.2, 0.25) is 0 Å². The Hall–Kier alpha value is -0.170. The molecule has 0 saturated heterocycles. The predicted octanol–water partition coefficient (Wildman–Crippen LogP) is -1.34. The van der Waals surface area contributed by atoms with E-state index < -0.39 is 10.2 Å². The molecule has 0 atom stereocenters. The SMILES string of the molecule is NC1(CNS(N)(=O)=O)CCC1. The molecule has 5 N–H and O–H groups in total. The fraction of sp³-hybridized carbons (Fsp3) is 1.00. The monoisotopic (exact) mass is 179 g/mol. The average molecular weight is 179 g/mol. The molecular weight excluding hydrogens is 166 g/mol. The zero-order chi connectivity index (χ0) is 8.54. The van der Waals surface area contributed by atoms with Gasteiger partial charge in [-0.25, -0.2) is 9.86 Å². The summed E-state index contributed by atoms with van der Waals surface area (Å²) >= 11 is 0. The smallest absolute Gasteiger partial charge is 0.274 e. The number of rotatable bonds is 3. The van der Waals surface area contributed by atoms with Gasteiger partial charge in [-0.1, -0.05) is 0 Å². The van der Waals surface area contributed by atoms with E-state index >= 15 is 0 Å². The molecule has 0 aliphatic heterocycles. The van der Waals surface area contributed by atoms with E-state index in [4.69, 9.17) is 10.9 Å². The number of hydrogen-bond donors (Lipinski definition) is 3. The Morgan fingerprint density at radius 3 is 2.27 bits per heavy atom. The standard InChI is InChI=1S/C5H13N3O2S/c6-5(2-1-3-5)4-8-11(7,9)10/h8H,1-4,6H2,(H2,7,9,10). The molecular formula is C5H13N3O2S. The predicted molar refractivity (Wildman–Crippen MR) is 41.9 cm³/mol. The van der Waals surface area contributed by atoms with Gasteiger partial charge in [0.1, 0.15) is 0 Å². The van der Waals surface area contributed by atoms with Gasteiger partial charge >= 0.3 is 0 Å². The van der Waals surface area contributed by atoms with Crippen LogP contribution in [0.15, 0.2) is 0 Å². The van der Waals surface area contributed by atoms with Gasteiger partial charge < -0.3 is 5.73 Å². The summed E-state index contributed by atoms with van der Waals surface area (Å²) in [6.07, 6.45) is 2.81. The van der Waals surface area contributed by atoms with Gasteiger partial charge in [-0.05, 0) is 19.3 Å². The van der Waals surface area contributed by atoms with Crippen molar-refractivity contribution in [3.63, 3.8) is 0 Å². The summed E-state index contributed by atoms with van der Waals surface area (Å²) in [6.45, 7) is 0.256. The first-order valence-electron chi connectivity index (χ1n) is 3.48. The zero-order valence-electron chi connectivity index (χ0n) is 6.21. The average Bonchev–Trinajstić information content (AvgIpc) is 1.77. The maximum absolute atomic E-state index is 10.4. The summed E-state index contributed by atoms with van der Waals surface area (Å²) < 4.78 is 23.0. The summed E-state index contributed by atoms with van der Waals surface area (Å²) in [4.78, 5) is 0. The highest BCUT2D eigenvalue weighted by Crippen LogP contribution is 2.27. The van der Waals surface area contributed by atoms with Crippen LogP contribution >= 0.6 is 0 Å². The molecule has 1 rings (SSSR count). The van der Waals surface area contributed by atoms with Crippen LogP contribution in [0.3, 0.4) is 0 Å². The number of nitrogens with two attached hydrogens (primary N) is 2. The van der Waals surface area contributed by atoms with Crippen molar-refractivity contribution in [2.45, 2.75) is 24.8 Å². The van der Waals surface area contributed by atoms with Gasteiger partial charge in [-0.15, -0.1) is 0 Å². The Bertz CT molecular complexity index is 232. The molecule has 0 unspecified atom stereocenters. The molecule has 6 heteroatoms. The minimum absolute atomic E-state index is 0.256. The quantitative estimate of drug-likeness (QED) is 0.500. The van der Waals surface area contributed by atoms with E-state index in [0.29, 0.717) is 0 Å². The molecule has 0 aromatic heterocycles. The second-order valence-corrected chi connectivity index (χ2v) is 4.46. The van der Waals surface area contributed by atoms with Crippen molar-refractivity contribution in [1.82, 2.24) is 4.72 Å². The molecule has 1 saturated carbocycles. The Morgan fingerprint density at radius 2 is 2.00 bits per heavy atom. The molecule has 66 valence electrons. The van der Waals surface area contributed by atoms with Crippen LogP contribution in [0.4, 0.5) is 0 Å². The van der Waals surface area contributed by atoms with E-state index in [0.717, 1.165) is 19.3 Å². The maximum atomic E-state index is 10.4. The fourth-order valence-corrected chi connectivity index (χ4v) is 1.54. The zero-order valence-corrected chi connectivity index (χ0v) is 7.02. The molecule has 0 bridgehead atoms. The molecule has 0 aromatic carbocycles. The van der Waals surface area contributed by atoms with Crippen molar-refractivity contribution in [3.8, 4) is 0 Å². The highest BCUT2D eigenvalue weighted by molar-refractivity contribution is 7.87. The van der Waals surface area contributed by atoms with Crippen molar-refractivity contribution >= 4 is 10.2 Å². The van der Waals surface area contributed by atoms with Crippen LogP contribution < -0.4 is 15.6 Å². The van der Waals surface area contributed by atoms with Crippen molar-refractivity contribution < 1.29 is 8.42 Å². The topological polar surface area (TPSA) is 98.2 Å². The van der Waals surface area contributed by atoms with Crippen LogP contribution in [0.1, 0.15) is 19.3 Å². The summed E-state index contributed by atoms with van der Waals surface area (Å²) in [6, 6.07) is 0. The molecule has 1 aliphatic rings. The van der Waals surface area contributed by atoms with E-state index in [2.05, 4.69) is 4.72 Å². The molecule has 0 radical (unpaired) electrons. The normalized spacial score (nSPS) is 22.7. The molecule has 0 spiro atoms. The van der Waals surface area contributed by atoms with Gasteiger partial charge in [0.05, 0.1) is 0 Å². The van der Waals surface area contributed by atoms with Crippen LogP contribution in [0.5, 0.6) is 0 Å². The van der Waals surface area contributed by atoms with Gasteiger partial charge in [0.25, 0.3) is 10.2 Å². The minimum atomic E-state index is -3.56. The van der Waals surface area contributed by atoms with Crippen LogP contribution in [-0.4, -0.2) is 20.5 Å². The Balaban J connectivity index is 2.33. The van der Waals surface area contributed by atoms with Crippen molar-refractivity contribution in [1.29, 1.82) is 0 Å². The number of hydrogen-bond acceptors (Lipinski definition) is 3. The lowest BCUT2D eigenvalue weighted by Crippen LogP contribution is -2.55. The van der Waals surface area contributed by atoms with Gasteiger partial charge in [0, 0.05) is 12.1 Å². The Kier molecular flexibility index (Phi) is 2.19. The van der Waals surface area contributed by atoms with E-state index in [1.165, 1.54) is 0 Å². The van der Waals surface area contributed by atoms with E-state index in [-0.39, 0.29) is 12.1 Å². The lowest BCUT2D eigenvalue weighted by Gasteiger charge is -2.37. The third-order valence-corrected chi connectivity index (χ3v) is 2.52. The van der Waals surface area contributed by atoms with Crippen molar-refractivity contribution in [2.75, 3.05) is 6.54 Å². The second kappa shape index (κ2) is 2.71. The van der Waals surface area contributed by atoms with E-state index in [1.807, 2.05) is 0 Å². The first-order valence-corrected chi connectivity index (χ1v) is 5.02. The first-order chi connectivity index (χ1) is 4.91. The highest BCUT2D eigenvalue weighted by Gasteiger charge is 2.32. The van der Waals surface area contributed by atoms with Crippen molar-refractivity contribution in [3.05, 3.63) is 0 Å². The van der Waals surface area contributed by atoms with Crippen LogP contribution in [0.2, 0.25) is 0 Å². The summed E-state index contributed by atoms with van der Waals surface area (Å²) in [5.74, 6) is 0.